The van der Waals surface area contributed by atoms with Crippen molar-refractivity contribution in [3.05, 3.63) is 54.3 Å². The first kappa shape index (κ1) is 15.0. The van der Waals surface area contributed by atoms with Crippen molar-refractivity contribution in [3.63, 3.8) is 0 Å². The monoisotopic (exact) mass is 308 g/mol. The van der Waals surface area contributed by atoms with Gasteiger partial charge in [-0.3, -0.25) is 4.79 Å². The zero-order valence-corrected chi connectivity index (χ0v) is 11.7. The number of halogens is 1. The second-order valence-electron chi connectivity index (χ2n) is 4.35. The minimum absolute atomic E-state index is 0.237. The highest BCUT2D eigenvalue weighted by molar-refractivity contribution is 7.92. The first-order valence-corrected chi connectivity index (χ1v) is 7.66. The fourth-order valence-electron chi connectivity index (χ4n) is 1.71. The summed E-state index contributed by atoms with van der Waals surface area (Å²) in [6, 6.07) is 11.0. The Labute approximate surface area is 121 Å². The van der Waals surface area contributed by atoms with Crippen molar-refractivity contribution in [1.82, 2.24) is 0 Å². The van der Waals surface area contributed by atoms with E-state index in [0.717, 1.165) is 12.1 Å². The van der Waals surface area contributed by atoms with Gasteiger partial charge in [-0.25, -0.2) is 12.8 Å². The van der Waals surface area contributed by atoms with Crippen molar-refractivity contribution in [2.45, 2.75) is 4.90 Å². The average Bonchev–Trinajstić information content (AvgIpc) is 2.41. The Kier molecular flexibility index (Phi) is 4.23. The lowest BCUT2D eigenvalue weighted by atomic mass is 10.3. The minimum atomic E-state index is -3.91. The van der Waals surface area contributed by atoms with Crippen molar-refractivity contribution in [3.8, 4) is 0 Å². The second-order valence-corrected chi connectivity index (χ2v) is 6.34. The van der Waals surface area contributed by atoms with Gasteiger partial charge in [0.15, 0.2) is 9.84 Å². The van der Waals surface area contributed by atoms with E-state index in [9.17, 15) is 17.6 Å². The maximum absolute atomic E-state index is 13.1. The lowest BCUT2D eigenvalue weighted by Gasteiger charge is -2.08. The Morgan fingerprint density at radius 1 is 1.14 bits per heavy atom. The predicted octanol–water partition coefficient (Wildman–Crippen LogP) is 1.82. The third kappa shape index (κ3) is 3.79. The van der Waals surface area contributed by atoms with Crippen LogP contribution in [0.5, 0.6) is 0 Å². The molecule has 0 heterocycles. The highest BCUT2D eigenvalue weighted by Crippen LogP contribution is 2.18. The molecule has 1 amide bonds. The number of hydrogen-bond donors (Lipinski definition) is 2. The molecule has 0 unspecified atom stereocenters. The Morgan fingerprint density at radius 2 is 1.86 bits per heavy atom. The lowest BCUT2D eigenvalue weighted by molar-refractivity contribution is -0.113. The Hall–Kier alpha value is -2.41. The van der Waals surface area contributed by atoms with Crippen molar-refractivity contribution >= 4 is 27.1 Å². The van der Waals surface area contributed by atoms with Crippen LogP contribution in [0, 0.1) is 5.82 Å². The van der Waals surface area contributed by atoms with Gasteiger partial charge in [-0.2, -0.15) is 0 Å². The number of carbonyl (C=O) groups is 1. The lowest BCUT2D eigenvalue weighted by Crippen LogP contribution is -2.23. The van der Waals surface area contributed by atoms with Gasteiger partial charge in [-0.15, -0.1) is 0 Å². The molecule has 3 N–H and O–H groups in total. The molecule has 0 aliphatic carbocycles. The van der Waals surface area contributed by atoms with Gasteiger partial charge >= 0.3 is 0 Å². The predicted molar refractivity (Wildman–Crippen MR) is 77.9 cm³/mol. The number of carbonyl (C=O) groups excluding carboxylic acids is 1. The Morgan fingerprint density at radius 3 is 2.52 bits per heavy atom. The summed E-state index contributed by atoms with van der Waals surface area (Å²) >= 11 is 0. The van der Waals surface area contributed by atoms with Crippen LogP contribution < -0.4 is 11.1 Å². The first-order chi connectivity index (χ1) is 9.88. The highest BCUT2D eigenvalue weighted by Gasteiger charge is 2.20. The van der Waals surface area contributed by atoms with E-state index in [4.69, 9.17) is 5.73 Å². The third-order valence-corrected chi connectivity index (χ3v) is 4.33. The summed E-state index contributed by atoms with van der Waals surface area (Å²) in [4.78, 5) is 11.6. The van der Waals surface area contributed by atoms with Gasteiger partial charge in [0.25, 0.3) is 0 Å². The fraction of sp³-hybridized carbons (Fsp3) is 0.0714. The zero-order chi connectivity index (χ0) is 15.5. The molecule has 0 bridgehead atoms. The summed E-state index contributed by atoms with van der Waals surface area (Å²) in [5.74, 6) is -2.20. The van der Waals surface area contributed by atoms with Crippen LogP contribution in [0.4, 0.5) is 15.8 Å². The van der Waals surface area contributed by atoms with Crippen molar-refractivity contribution in [1.29, 1.82) is 0 Å². The molecule has 7 heteroatoms. The van der Waals surface area contributed by atoms with E-state index in [1.807, 2.05) is 0 Å². The number of nitrogens with two attached hydrogens (primary N) is 1. The fourth-order valence-corrected chi connectivity index (χ4v) is 2.88. The summed E-state index contributed by atoms with van der Waals surface area (Å²) in [7, 11) is -3.91. The van der Waals surface area contributed by atoms with E-state index >= 15 is 0 Å². The van der Waals surface area contributed by atoms with E-state index in [2.05, 4.69) is 5.32 Å². The number of para-hydroxylation sites is 2. The summed E-state index contributed by atoms with van der Waals surface area (Å²) in [5, 5.41) is 2.41. The van der Waals surface area contributed by atoms with Crippen LogP contribution in [0.15, 0.2) is 53.4 Å². The van der Waals surface area contributed by atoms with Crippen LogP contribution in [-0.4, -0.2) is 20.1 Å². The highest BCUT2D eigenvalue weighted by atomic mass is 32.2. The molecule has 0 spiro atoms. The molecular weight excluding hydrogens is 295 g/mol. The molecule has 110 valence electrons. The summed E-state index contributed by atoms with van der Waals surface area (Å²) in [6.45, 7) is 0. The second kappa shape index (κ2) is 5.92. The molecule has 0 atom stereocenters. The number of rotatable bonds is 4. The number of anilines is 2. The molecule has 0 aliphatic heterocycles. The number of amides is 1. The molecule has 0 saturated heterocycles. The molecule has 21 heavy (non-hydrogen) atoms. The van der Waals surface area contributed by atoms with Crippen molar-refractivity contribution < 1.29 is 17.6 Å². The molecule has 2 aromatic rings. The molecular formula is C14H13FN2O3S. The quantitative estimate of drug-likeness (QED) is 0.843. The minimum Gasteiger partial charge on any atom is -0.397 e. The molecule has 5 nitrogen and oxygen atoms in total. The first-order valence-electron chi connectivity index (χ1n) is 6.01. The Bertz CT molecular complexity index is 775. The van der Waals surface area contributed by atoms with Gasteiger partial charge in [-0.05, 0) is 30.3 Å². The maximum atomic E-state index is 13.1. The van der Waals surface area contributed by atoms with Gasteiger partial charge in [0.2, 0.25) is 5.91 Å². The average molecular weight is 308 g/mol. The van der Waals surface area contributed by atoms with Crippen molar-refractivity contribution in [2.75, 3.05) is 16.8 Å². The van der Waals surface area contributed by atoms with E-state index in [1.54, 1.807) is 24.3 Å². The smallest absolute Gasteiger partial charge is 0.240 e. The number of nitrogen functional groups attached to an aromatic ring is 1. The van der Waals surface area contributed by atoms with E-state index < -0.39 is 27.3 Å². The molecule has 0 fully saturated rings. The number of sulfone groups is 1. The standard InChI is InChI=1S/C14H13FN2O3S/c15-10-4-3-5-11(8-10)21(19,20)9-14(18)17-13-7-2-1-6-12(13)16/h1-8H,9,16H2,(H,17,18). The molecule has 2 rings (SSSR count). The van der Waals surface area contributed by atoms with Gasteiger partial charge in [0.1, 0.15) is 11.6 Å². The normalized spacial score (nSPS) is 11.1. The summed E-state index contributed by atoms with van der Waals surface area (Å²) < 4.78 is 37.1. The van der Waals surface area contributed by atoms with Crippen LogP contribution in [0.3, 0.4) is 0 Å². The van der Waals surface area contributed by atoms with Gasteiger partial charge < -0.3 is 11.1 Å². The molecule has 2 aromatic carbocycles. The number of nitrogens with one attached hydrogen (secondary N) is 1. The van der Waals surface area contributed by atoms with Crippen LogP contribution >= 0.6 is 0 Å². The van der Waals surface area contributed by atoms with Gasteiger partial charge in [-0.1, -0.05) is 18.2 Å². The number of hydrogen-bond acceptors (Lipinski definition) is 4. The molecule has 0 radical (unpaired) electrons. The van der Waals surface area contributed by atoms with Crippen molar-refractivity contribution in [2.24, 2.45) is 0 Å². The molecule has 0 saturated carbocycles. The maximum Gasteiger partial charge on any atom is 0.240 e. The summed E-state index contributed by atoms with van der Waals surface area (Å²) in [6.07, 6.45) is 0. The van der Waals surface area contributed by atoms with E-state index in [1.165, 1.54) is 12.1 Å². The SMILES string of the molecule is Nc1ccccc1NC(=O)CS(=O)(=O)c1cccc(F)c1. The van der Waals surface area contributed by atoms with Crippen LogP contribution in [0.25, 0.3) is 0 Å². The van der Waals surface area contributed by atoms with Crippen LogP contribution in [0.1, 0.15) is 0 Å². The largest absolute Gasteiger partial charge is 0.397 e. The van der Waals surface area contributed by atoms with Gasteiger partial charge in [0, 0.05) is 0 Å². The van der Waals surface area contributed by atoms with Crippen LogP contribution in [-0.2, 0) is 14.6 Å². The summed E-state index contributed by atoms with van der Waals surface area (Å²) in [5.41, 5.74) is 6.31. The third-order valence-electron chi connectivity index (χ3n) is 2.71. The van der Waals surface area contributed by atoms with E-state index in [-0.39, 0.29) is 4.90 Å². The molecule has 0 aromatic heterocycles. The van der Waals surface area contributed by atoms with Gasteiger partial charge in [0.05, 0.1) is 16.3 Å². The number of benzene rings is 2. The van der Waals surface area contributed by atoms with E-state index in [0.29, 0.717) is 11.4 Å². The van der Waals surface area contributed by atoms with Crippen LogP contribution in [0.2, 0.25) is 0 Å². The Balaban J connectivity index is 2.14. The molecule has 0 aliphatic rings. The zero-order valence-electron chi connectivity index (χ0n) is 10.9. The topological polar surface area (TPSA) is 89.3 Å².